The number of halogens is 2. The van der Waals surface area contributed by atoms with E-state index in [1.165, 1.54) is 12.1 Å². The van der Waals surface area contributed by atoms with Gasteiger partial charge in [-0.25, -0.2) is 9.37 Å². The summed E-state index contributed by atoms with van der Waals surface area (Å²) in [5, 5.41) is 3.35. The Labute approximate surface area is 119 Å². The van der Waals surface area contributed by atoms with Crippen LogP contribution in [0, 0.1) is 5.82 Å². The average Bonchev–Trinajstić information content (AvgIpc) is 2.89. The van der Waals surface area contributed by atoms with Gasteiger partial charge in [0.15, 0.2) is 0 Å². The number of rotatable bonds is 2. The Hall–Kier alpha value is -1.20. The van der Waals surface area contributed by atoms with Gasteiger partial charge in [-0.05, 0) is 60.1 Å². The quantitative estimate of drug-likeness (QED) is 0.888. The van der Waals surface area contributed by atoms with E-state index < -0.39 is 0 Å². The smallest absolute Gasteiger partial charge is 0.124 e. The highest BCUT2D eigenvalue weighted by molar-refractivity contribution is 9.10. The highest BCUT2D eigenvalue weighted by Gasteiger charge is 2.18. The topological polar surface area (TPSA) is 40.7 Å². The average molecular weight is 324 g/mol. The van der Waals surface area contributed by atoms with Crippen LogP contribution in [0.1, 0.15) is 24.6 Å². The number of aromatic amines is 1. The van der Waals surface area contributed by atoms with E-state index in [9.17, 15) is 4.39 Å². The number of hydrogen-bond donors (Lipinski definition) is 2. The molecule has 3 nitrogen and oxygen atoms in total. The van der Waals surface area contributed by atoms with Crippen molar-refractivity contribution in [1.29, 1.82) is 0 Å². The Morgan fingerprint density at radius 1 is 1.26 bits per heavy atom. The monoisotopic (exact) mass is 323 g/mol. The minimum atomic E-state index is -0.242. The second kappa shape index (κ2) is 5.43. The number of benzene rings is 1. The summed E-state index contributed by atoms with van der Waals surface area (Å²) in [6.07, 6.45) is 4.05. The van der Waals surface area contributed by atoms with Crippen molar-refractivity contribution in [2.24, 2.45) is 0 Å². The lowest BCUT2D eigenvalue weighted by Gasteiger charge is -2.20. The molecule has 0 bridgehead atoms. The Kier molecular flexibility index (Phi) is 3.66. The number of nitrogens with one attached hydrogen (secondary N) is 2. The van der Waals surface area contributed by atoms with Gasteiger partial charge in [0.1, 0.15) is 11.6 Å². The fourth-order valence-corrected chi connectivity index (χ4v) is 3.05. The lowest BCUT2D eigenvalue weighted by molar-refractivity contribution is 0.447. The molecule has 2 N–H and O–H groups in total. The fraction of sp³-hybridized carbons (Fsp3) is 0.357. The van der Waals surface area contributed by atoms with E-state index in [0.717, 1.165) is 47.5 Å². The first-order valence-electron chi connectivity index (χ1n) is 6.45. The molecule has 100 valence electrons. The van der Waals surface area contributed by atoms with Gasteiger partial charge in [-0.15, -0.1) is 0 Å². The SMILES string of the molecule is Fc1ccc(-c2cnc(C3CCNCC3)[nH]2)c(Br)c1. The molecule has 0 amide bonds. The molecule has 0 aliphatic carbocycles. The van der Waals surface area contributed by atoms with Crippen molar-refractivity contribution >= 4 is 15.9 Å². The van der Waals surface area contributed by atoms with Crippen molar-refractivity contribution in [3.8, 4) is 11.3 Å². The molecule has 2 aromatic rings. The number of piperidine rings is 1. The molecule has 1 fully saturated rings. The Bertz CT molecular complexity index is 576. The zero-order valence-corrected chi connectivity index (χ0v) is 12.0. The molecular weight excluding hydrogens is 309 g/mol. The highest BCUT2D eigenvalue weighted by Crippen LogP contribution is 2.30. The zero-order chi connectivity index (χ0) is 13.2. The number of imidazole rings is 1. The summed E-state index contributed by atoms with van der Waals surface area (Å²) in [7, 11) is 0. The predicted octanol–water partition coefficient (Wildman–Crippen LogP) is 3.45. The van der Waals surface area contributed by atoms with Gasteiger partial charge in [-0.3, -0.25) is 0 Å². The lowest BCUT2D eigenvalue weighted by Crippen LogP contribution is -2.27. The van der Waals surface area contributed by atoms with E-state index in [2.05, 4.69) is 31.2 Å². The van der Waals surface area contributed by atoms with Gasteiger partial charge in [-0.1, -0.05) is 0 Å². The van der Waals surface area contributed by atoms with Gasteiger partial charge in [0, 0.05) is 16.0 Å². The van der Waals surface area contributed by atoms with Crippen LogP contribution in [0.3, 0.4) is 0 Å². The van der Waals surface area contributed by atoms with Crippen LogP contribution < -0.4 is 5.32 Å². The predicted molar refractivity (Wildman–Crippen MR) is 76.5 cm³/mol. The molecule has 0 saturated carbocycles. The second-order valence-corrected chi connectivity index (χ2v) is 5.68. The molecular formula is C14H15BrFN3. The lowest BCUT2D eigenvalue weighted by atomic mass is 9.98. The van der Waals surface area contributed by atoms with Crippen molar-refractivity contribution in [3.05, 3.63) is 40.5 Å². The van der Waals surface area contributed by atoms with Crippen LogP contribution in [-0.2, 0) is 0 Å². The number of H-pyrrole nitrogens is 1. The van der Waals surface area contributed by atoms with Crippen LogP contribution in [0.25, 0.3) is 11.3 Å². The van der Waals surface area contributed by atoms with Gasteiger partial charge in [0.25, 0.3) is 0 Å². The third kappa shape index (κ3) is 2.72. The summed E-state index contributed by atoms with van der Waals surface area (Å²) in [5.41, 5.74) is 1.87. The molecule has 1 aliphatic rings. The van der Waals surface area contributed by atoms with Crippen molar-refractivity contribution in [2.45, 2.75) is 18.8 Å². The van der Waals surface area contributed by atoms with Gasteiger partial charge >= 0.3 is 0 Å². The molecule has 1 saturated heterocycles. The first kappa shape index (κ1) is 12.8. The molecule has 1 aromatic heterocycles. The second-order valence-electron chi connectivity index (χ2n) is 4.83. The summed E-state index contributed by atoms with van der Waals surface area (Å²) >= 11 is 3.39. The number of hydrogen-bond acceptors (Lipinski definition) is 2. The van der Waals surface area contributed by atoms with Crippen molar-refractivity contribution < 1.29 is 4.39 Å². The van der Waals surface area contributed by atoms with Crippen LogP contribution in [-0.4, -0.2) is 23.1 Å². The number of nitrogens with zero attached hydrogens (tertiary/aromatic N) is 1. The summed E-state index contributed by atoms with van der Waals surface area (Å²) in [6.45, 7) is 2.09. The Morgan fingerprint density at radius 3 is 2.79 bits per heavy atom. The molecule has 1 aromatic carbocycles. The van der Waals surface area contributed by atoms with Gasteiger partial charge in [0.2, 0.25) is 0 Å². The molecule has 5 heteroatoms. The fourth-order valence-electron chi connectivity index (χ4n) is 2.48. The Morgan fingerprint density at radius 2 is 2.05 bits per heavy atom. The van der Waals surface area contributed by atoms with E-state index in [0.29, 0.717) is 5.92 Å². The van der Waals surface area contributed by atoms with Crippen molar-refractivity contribution in [2.75, 3.05) is 13.1 Å². The summed E-state index contributed by atoms with van der Waals surface area (Å²) in [5.74, 6) is 1.29. The molecule has 0 radical (unpaired) electrons. The highest BCUT2D eigenvalue weighted by atomic mass is 79.9. The first-order valence-corrected chi connectivity index (χ1v) is 7.24. The largest absolute Gasteiger partial charge is 0.342 e. The van der Waals surface area contributed by atoms with Crippen LogP contribution in [0.4, 0.5) is 4.39 Å². The summed E-state index contributed by atoms with van der Waals surface area (Å²) < 4.78 is 13.8. The van der Waals surface area contributed by atoms with Gasteiger partial charge in [-0.2, -0.15) is 0 Å². The molecule has 3 rings (SSSR count). The maximum atomic E-state index is 13.1. The third-order valence-corrected chi connectivity index (χ3v) is 4.20. The third-order valence-electron chi connectivity index (χ3n) is 3.54. The maximum Gasteiger partial charge on any atom is 0.124 e. The molecule has 19 heavy (non-hydrogen) atoms. The standard InChI is InChI=1S/C14H15BrFN3/c15-12-7-10(16)1-2-11(12)13-8-18-14(19-13)9-3-5-17-6-4-9/h1-2,7-9,17H,3-6H2,(H,18,19). The minimum Gasteiger partial charge on any atom is -0.342 e. The summed E-state index contributed by atoms with van der Waals surface area (Å²) in [4.78, 5) is 7.85. The molecule has 2 heterocycles. The van der Waals surface area contributed by atoms with Crippen LogP contribution in [0.15, 0.2) is 28.9 Å². The van der Waals surface area contributed by atoms with Crippen molar-refractivity contribution in [1.82, 2.24) is 15.3 Å². The molecule has 1 aliphatic heterocycles. The maximum absolute atomic E-state index is 13.1. The number of aromatic nitrogens is 2. The van der Waals surface area contributed by atoms with Gasteiger partial charge < -0.3 is 10.3 Å². The van der Waals surface area contributed by atoms with E-state index in [4.69, 9.17) is 0 Å². The summed E-state index contributed by atoms with van der Waals surface area (Å²) in [6, 6.07) is 4.70. The molecule has 0 spiro atoms. The van der Waals surface area contributed by atoms with Gasteiger partial charge in [0.05, 0.1) is 11.9 Å². The van der Waals surface area contributed by atoms with E-state index in [1.807, 2.05) is 6.20 Å². The van der Waals surface area contributed by atoms with Crippen molar-refractivity contribution in [3.63, 3.8) is 0 Å². The van der Waals surface area contributed by atoms with E-state index >= 15 is 0 Å². The minimum absolute atomic E-state index is 0.242. The zero-order valence-electron chi connectivity index (χ0n) is 10.4. The van der Waals surface area contributed by atoms with Crippen LogP contribution >= 0.6 is 15.9 Å². The normalized spacial score (nSPS) is 16.7. The molecule has 0 unspecified atom stereocenters. The molecule has 0 atom stereocenters. The van der Waals surface area contributed by atoms with E-state index in [-0.39, 0.29) is 5.82 Å². The Balaban J connectivity index is 1.87. The van der Waals surface area contributed by atoms with Crippen LogP contribution in [0.5, 0.6) is 0 Å². The van der Waals surface area contributed by atoms with E-state index in [1.54, 1.807) is 6.07 Å². The van der Waals surface area contributed by atoms with Crippen LogP contribution in [0.2, 0.25) is 0 Å². The first-order chi connectivity index (χ1) is 9.24.